The maximum absolute atomic E-state index is 11.8. The van der Waals surface area contributed by atoms with Crippen molar-refractivity contribution >= 4 is 23.4 Å². The number of alkyl halides is 1. The van der Waals surface area contributed by atoms with Gasteiger partial charge in [0.15, 0.2) is 5.78 Å². The van der Waals surface area contributed by atoms with Gasteiger partial charge in [-0.1, -0.05) is 48.0 Å². The zero-order valence-corrected chi connectivity index (χ0v) is 10.9. The molecular formula is C14H15ClO3. The fourth-order valence-electron chi connectivity index (χ4n) is 1.41. The highest BCUT2D eigenvalue weighted by Crippen LogP contribution is 2.24. The number of esters is 1. The van der Waals surface area contributed by atoms with Crippen molar-refractivity contribution in [3.8, 4) is 0 Å². The monoisotopic (exact) mass is 266 g/mol. The van der Waals surface area contributed by atoms with Gasteiger partial charge in [0.1, 0.15) is 6.61 Å². The first-order valence-electron chi connectivity index (χ1n) is 5.52. The van der Waals surface area contributed by atoms with E-state index in [0.717, 1.165) is 5.56 Å². The van der Waals surface area contributed by atoms with Crippen LogP contribution in [-0.2, 0) is 20.9 Å². The fourth-order valence-corrected chi connectivity index (χ4v) is 1.57. The Bertz CT molecular complexity index is 442. The summed E-state index contributed by atoms with van der Waals surface area (Å²) in [6.07, 6.45) is 1.48. The van der Waals surface area contributed by atoms with Gasteiger partial charge in [-0.3, -0.25) is 4.79 Å². The molecule has 0 saturated carbocycles. The van der Waals surface area contributed by atoms with E-state index >= 15 is 0 Å². The number of carbonyl (C=O) groups is 2. The Hall–Kier alpha value is -1.61. The molecule has 3 nitrogen and oxygen atoms in total. The topological polar surface area (TPSA) is 43.4 Å². The Kier molecular flexibility index (Phi) is 5.10. The summed E-state index contributed by atoms with van der Waals surface area (Å²) in [7, 11) is 0. The van der Waals surface area contributed by atoms with Crippen molar-refractivity contribution in [3.05, 3.63) is 48.6 Å². The van der Waals surface area contributed by atoms with E-state index in [4.69, 9.17) is 16.3 Å². The van der Waals surface area contributed by atoms with E-state index in [1.807, 2.05) is 30.3 Å². The standard InChI is InChI=1S/C14H15ClO3/c1-3-9-14(15,11(2)16)13(17)18-10-12-7-5-4-6-8-12/h3-8H,1,9-10H2,2H3. The third kappa shape index (κ3) is 3.44. The van der Waals surface area contributed by atoms with Crippen molar-refractivity contribution in [2.24, 2.45) is 0 Å². The number of halogens is 1. The Morgan fingerprint density at radius 2 is 2.00 bits per heavy atom. The molecule has 1 rings (SSSR count). The van der Waals surface area contributed by atoms with Gasteiger partial charge in [-0.15, -0.1) is 6.58 Å². The minimum atomic E-state index is -1.66. The highest BCUT2D eigenvalue weighted by Gasteiger charge is 2.41. The highest BCUT2D eigenvalue weighted by molar-refractivity contribution is 6.45. The normalized spacial score (nSPS) is 13.4. The Balaban J connectivity index is 2.69. The number of carbonyl (C=O) groups excluding carboxylic acids is 2. The second kappa shape index (κ2) is 6.36. The van der Waals surface area contributed by atoms with Crippen LogP contribution in [0.25, 0.3) is 0 Å². The molecule has 0 N–H and O–H groups in total. The fraction of sp³-hybridized carbons (Fsp3) is 0.286. The lowest BCUT2D eigenvalue weighted by atomic mass is 10.0. The average molecular weight is 267 g/mol. The van der Waals surface area contributed by atoms with E-state index in [-0.39, 0.29) is 13.0 Å². The van der Waals surface area contributed by atoms with Crippen LogP contribution in [0.4, 0.5) is 0 Å². The number of Topliss-reactive ketones (excluding diaryl/α,β-unsaturated/α-hetero) is 1. The summed E-state index contributed by atoms with van der Waals surface area (Å²) >= 11 is 6.00. The maximum Gasteiger partial charge on any atom is 0.335 e. The molecule has 4 heteroatoms. The van der Waals surface area contributed by atoms with E-state index in [9.17, 15) is 9.59 Å². The largest absolute Gasteiger partial charge is 0.459 e. The molecule has 0 aliphatic carbocycles. The molecule has 0 aliphatic rings. The minimum absolute atomic E-state index is 0.0531. The molecule has 0 spiro atoms. The first kappa shape index (κ1) is 14.5. The molecule has 0 fully saturated rings. The zero-order valence-electron chi connectivity index (χ0n) is 10.2. The second-order valence-electron chi connectivity index (χ2n) is 3.91. The van der Waals surface area contributed by atoms with Gasteiger partial charge in [-0.2, -0.15) is 0 Å². The van der Waals surface area contributed by atoms with Crippen LogP contribution in [0, 0.1) is 0 Å². The predicted molar refractivity (Wildman–Crippen MR) is 70.3 cm³/mol. The van der Waals surface area contributed by atoms with Crippen LogP contribution in [0.3, 0.4) is 0 Å². The molecule has 0 amide bonds. The molecule has 1 aromatic carbocycles. The van der Waals surface area contributed by atoms with E-state index in [2.05, 4.69) is 6.58 Å². The molecule has 0 aliphatic heterocycles. The summed E-state index contributed by atoms with van der Waals surface area (Å²) in [4.78, 5) is 21.6. The average Bonchev–Trinajstić information content (AvgIpc) is 2.37. The third-order valence-electron chi connectivity index (χ3n) is 2.52. The van der Waals surface area contributed by atoms with E-state index in [0.29, 0.717) is 0 Å². The van der Waals surface area contributed by atoms with Gasteiger partial charge in [0, 0.05) is 6.42 Å². The molecular weight excluding hydrogens is 252 g/mol. The first-order valence-corrected chi connectivity index (χ1v) is 5.90. The van der Waals surface area contributed by atoms with Gasteiger partial charge in [0.05, 0.1) is 0 Å². The van der Waals surface area contributed by atoms with Gasteiger partial charge < -0.3 is 4.74 Å². The number of ether oxygens (including phenoxy) is 1. The second-order valence-corrected chi connectivity index (χ2v) is 4.56. The van der Waals surface area contributed by atoms with Gasteiger partial charge in [-0.05, 0) is 12.5 Å². The molecule has 0 bridgehead atoms. The number of rotatable bonds is 6. The summed E-state index contributed by atoms with van der Waals surface area (Å²) < 4.78 is 5.07. The van der Waals surface area contributed by atoms with Crippen molar-refractivity contribution < 1.29 is 14.3 Å². The molecule has 0 aromatic heterocycles. The molecule has 1 atom stereocenters. The molecule has 1 unspecified atom stereocenters. The summed E-state index contributed by atoms with van der Waals surface area (Å²) in [6, 6.07) is 9.19. The Morgan fingerprint density at radius 1 is 1.39 bits per heavy atom. The number of hydrogen-bond donors (Lipinski definition) is 0. The molecule has 0 saturated heterocycles. The Morgan fingerprint density at radius 3 is 2.50 bits per heavy atom. The quantitative estimate of drug-likeness (QED) is 0.344. The van der Waals surface area contributed by atoms with Crippen molar-refractivity contribution in [2.45, 2.75) is 24.8 Å². The minimum Gasteiger partial charge on any atom is -0.459 e. The smallest absolute Gasteiger partial charge is 0.335 e. The lowest BCUT2D eigenvalue weighted by Crippen LogP contribution is -2.40. The van der Waals surface area contributed by atoms with Crippen LogP contribution in [0.5, 0.6) is 0 Å². The van der Waals surface area contributed by atoms with Gasteiger partial charge >= 0.3 is 5.97 Å². The molecule has 0 radical (unpaired) electrons. The number of benzene rings is 1. The lowest BCUT2D eigenvalue weighted by molar-refractivity contribution is -0.150. The first-order chi connectivity index (χ1) is 8.50. The van der Waals surface area contributed by atoms with E-state index < -0.39 is 16.6 Å². The van der Waals surface area contributed by atoms with Crippen molar-refractivity contribution in [1.29, 1.82) is 0 Å². The number of allylic oxidation sites excluding steroid dienone is 1. The molecule has 18 heavy (non-hydrogen) atoms. The molecule has 96 valence electrons. The number of ketones is 1. The SMILES string of the molecule is C=CCC(Cl)(C(C)=O)C(=O)OCc1ccccc1. The van der Waals surface area contributed by atoms with Crippen LogP contribution >= 0.6 is 11.6 Å². The highest BCUT2D eigenvalue weighted by atomic mass is 35.5. The lowest BCUT2D eigenvalue weighted by Gasteiger charge is -2.20. The molecule has 0 heterocycles. The van der Waals surface area contributed by atoms with E-state index in [1.165, 1.54) is 13.0 Å². The Labute approximate surface area is 111 Å². The molecule has 1 aromatic rings. The van der Waals surface area contributed by atoms with Crippen LogP contribution in [0.1, 0.15) is 18.9 Å². The predicted octanol–water partition coefficient (Wildman–Crippen LogP) is 2.87. The summed E-state index contributed by atoms with van der Waals surface area (Å²) in [6.45, 7) is 4.84. The van der Waals surface area contributed by atoms with Crippen LogP contribution in [-0.4, -0.2) is 16.6 Å². The van der Waals surface area contributed by atoms with Gasteiger partial charge in [0.2, 0.25) is 4.87 Å². The summed E-state index contributed by atoms with van der Waals surface area (Å²) in [5.41, 5.74) is 0.840. The van der Waals surface area contributed by atoms with Crippen molar-refractivity contribution in [1.82, 2.24) is 0 Å². The van der Waals surface area contributed by atoms with Crippen molar-refractivity contribution in [2.75, 3.05) is 0 Å². The maximum atomic E-state index is 11.8. The van der Waals surface area contributed by atoms with Crippen molar-refractivity contribution in [3.63, 3.8) is 0 Å². The zero-order chi connectivity index (χ0) is 13.6. The van der Waals surface area contributed by atoms with Crippen LogP contribution in [0.2, 0.25) is 0 Å². The summed E-state index contributed by atoms with van der Waals surface area (Å²) in [5.74, 6) is -1.18. The van der Waals surface area contributed by atoms with Crippen LogP contribution in [0.15, 0.2) is 43.0 Å². The van der Waals surface area contributed by atoms with Gasteiger partial charge in [0.25, 0.3) is 0 Å². The summed E-state index contributed by atoms with van der Waals surface area (Å²) in [5, 5.41) is 0. The van der Waals surface area contributed by atoms with Gasteiger partial charge in [-0.25, -0.2) is 4.79 Å². The van der Waals surface area contributed by atoms with Crippen LogP contribution < -0.4 is 0 Å². The number of hydrogen-bond acceptors (Lipinski definition) is 3. The third-order valence-corrected chi connectivity index (χ3v) is 3.09. The van der Waals surface area contributed by atoms with E-state index in [1.54, 1.807) is 0 Å².